The van der Waals surface area contributed by atoms with Crippen LogP contribution in [0.3, 0.4) is 0 Å². The van der Waals surface area contributed by atoms with Crippen LogP contribution in [0.15, 0.2) is 28.9 Å². The van der Waals surface area contributed by atoms with E-state index in [9.17, 15) is 5.11 Å². The Kier molecular flexibility index (Phi) is 8.00. The number of piperazine rings is 1. The van der Waals surface area contributed by atoms with Crippen LogP contribution in [0.4, 0.5) is 0 Å². The van der Waals surface area contributed by atoms with Crippen LogP contribution in [0.1, 0.15) is 23.9 Å². The molecule has 8 nitrogen and oxygen atoms in total. The zero-order valence-electron chi connectivity index (χ0n) is 17.8. The van der Waals surface area contributed by atoms with Crippen molar-refractivity contribution in [3.8, 4) is 5.75 Å². The molecule has 3 rings (SSSR count). The van der Waals surface area contributed by atoms with E-state index >= 15 is 0 Å². The lowest BCUT2D eigenvalue weighted by Gasteiger charge is -2.34. The molecule has 160 valence electrons. The second-order valence-corrected chi connectivity index (χ2v) is 7.82. The van der Waals surface area contributed by atoms with E-state index in [0.717, 1.165) is 62.0 Å². The van der Waals surface area contributed by atoms with Crippen LogP contribution in [0, 0.1) is 6.92 Å². The van der Waals surface area contributed by atoms with Crippen LogP contribution < -0.4 is 4.74 Å². The summed E-state index contributed by atoms with van der Waals surface area (Å²) in [5, 5.41) is 18.1. The Morgan fingerprint density at radius 3 is 2.62 bits per heavy atom. The molecular weight excluding hydrogens is 370 g/mol. The first-order valence-corrected chi connectivity index (χ1v) is 10.3. The fraction of sp³-hybridized carbons (Fsp3) is 0.619. The number of aliphatic hydroxyl groups excluding tert-OH is 1. The normalized spacial score (nSPS) is 17.0. The topological polar surface area (TPSA) is 78.1 Å². The van der Waals surface area contributed by atoms with Gasteiger partial charge in [-0.1, -0.05) is 29.4 Å². The van der Waals surface area contributed by atoms with Crippen molar-refractivity contribution in [2.75, 3.05) is 52.9 Å². The summed E-state index contributed by atoms with van der Waals surface area (Å²) in [6.45, 7) is 11.7. The van der Waals surface area contributed by atoms with Gasteiger partial charge in [0.15, 0.2) is 0 Å². The van der Waals surface area contributed by atoms with E-state index in [1.54, 1.807) is 0 Å². The molecule has 1 aromatic heterocycles. The second-order valence-electron chi connectivity index (χ2n) is 7.82. The molecule has 0 unspecified atom stereocenters. The third-order valence-electron chi connectivity index (χ3n) is 5.34. The SMILES string of the molecule is CCN1CCN(C[C@H](O)COc2cccc(CN(C)Cc3nonc3C)c2)CC1. The van der Waals surface area contributed by atoms with Crippen molar-refractivity contribution in [1.82, 2.24) is 25.0 Å². The Bertz CT molecular complexity index is 745. The number of aliphatic hydroxyl groups is 1. The van der Waals surface area contributed by atoms with Gasteiger partial charge >= 0.3 is 0 Å². The number of benzene rings is 1. The average molecular weight is 404 g/mol. The summed E-state index contributed by atoms with van der Waals surface area (Å²) in [4.78, 5) is 6.89. The first-order valence-electron chi connectivity index (χ1n) is 10.3. The van der Waals surface area contributed by atoms with Crippen LogP contribution in [0.2, 0.25) is 0 Å². The Morgan fingerprint density at radius 1 is 1.17 bits per heavy atom. The van der Waals surface area contributed by atoms with E-state index in [0.29, 0.717) is 19.7 Å². The van der Waals surface area contributed by atoms with E-state index in [-0.39, 0.29) is 0 Å². The van der Waals surface area contributed by atoms with E-state index in [1.165, 1.54) is 0 Å². The number of hydrogen-bond acceptors (Lipinski definition) is 8. The van der Waals surface area contributed by atoms with Gasteiger partial charge in [-0.3, -0.25) is 9.80 Å². The highest BCUT2D eigenvalue weighted by Gasteiger charge is 2.18. The lowest BCUT2D eigenvalue weighted by atomic mass is 10.2. The summed E-state index contributed by atoms with van der Waals surface area (Å²) in [5.41, 5.74) is 2.81. The third-order valence-corrected chi connectivity index (χ3v) is 5.34. The Balaban J connectivity index is 1.42. The minimum atomic E-state index is -0.489. The molecule has 0 saturated carbocycles. The van der Waals surface area contributed by atoms with Gasteiger partial charge in [-0.05, 0) is 38.2 Å². The van der Waals surface area contributed by atoms with Crippen molar-refractivity contribution in [2.45, 2.75) is 33.0 Å². The first-order chi connectivity index (χ1) is 14.0. The highest BCUT2D eigenvalue weighted by Crippen LogP contribution is 2.16. The molecule has 1 aromatic carbocycles. The molecule has 2 aromatic rings. The Hall–Kier alpha value is -2.00. The van der Waals surface area contributed by atoms with Crippen LogP contribution in [0.25, 0.3) is 0 Å². The number of likely N-dealkylation sites (N-methyl/N-ethyl adjacent to an activating group) is 1. The Morgan fingerprint density at radius 2 is 1.93 bits per heavy atom. The van der Waals surface area contributed by atoms with Gasteiger partial charge in [0, 0.05) is 45.8 Å². The number of hydrogen-bond donors (Lipinski definition) is 1. The maximum atomic E-state index is 10.4. The smallest absolute Gasteiger partial charge is 0.122 e. The minimum absolute atomic E-state index is 0.303. The molecule has 1 saturated heterocycles. The maximum Gasteiger partial charge on any atom is 0.122 e. The maximum absolute atomic E-state index is 10.4. The molecule has 1 aliphatic heterocycles. The molecule has 29 heavy (non-hydrogen) atoms. The molecule has 8 heteroatoms. The molecule has 0 spiro atoms. The summed E-state index contributed by atoms with van der Waals surface area (Å²) in [7, 11) is 2.03. The van der Waals surface area contributed by atoms with Crippen molar-refractivity contribution in [2.24, 2.45) is 0 Å². The highest BCUT2D eigenvalue weighted by molar-refractivity contribution is 5.28. The average Bonchev–Trinajstić information content (AvgIpc) is 3.11. The summed E-state index contributed by atoms with van der Waals surface area (Å²) in [6.07, 6.45) is -0.489. The number of aryl methyl sites for hydroxylation is 1. The van der Waals surface area contributed by atoms with Gasteiger partial charge < -0.3 is 14.7 Å². The number of rotatable bonds is 10. The fourth-order valence-electron chi connectivity index (χ4n) is 3.58. The lowest BCUT2D eigenvalue weighted by molar-refractivity contribution is 0.0470. The predicted octanol–water partition coefficient (Wildman–Crippen LogP) is 1.39. The van der Waals surface area contributed by atoms with Crippen LogP contribution in [-0.2, 0) is 13.1 Å². The summed E-state index contributed by atoms with van der Waals surface area (Å²) < 4.78 is 10.6. The lowest BCUT2D eigenvalue weighted by Crippen LogP contribution is -2.49. The molecule has 1 aliphatic rings. The second kappa shape index (κ2) is 10.7. The number of ether oxygens (including phenoxy) is 1. The predicted molar refractivity (Wildman–Crippen MR) is 111 cm³/mol. The molecule has 1 fully saturated rings. The number of β-amino-alcohol motifs (C(OH)–C–C–N with tert-alkyl or cyclic N) is 1. The van der Waals surface area contributed by atoms with E-state index in [1.807, 2.05) is 32.2 Å². The fourth-order valence-corrected chi connectivity index (χ4v) is 3.58. The van der Waals surface area contributed by atoms with Gasteiger partial charge in [0.1, 0.15) is 29.8 Å². The quantitative estimate of drug-likeness (QED) is 0.638. The molecule has 2 heterocycles. The van der Waals surface area contributed by atoms with Crippen molar-refractivity contribution in [3.05, 3.63) is 41.2 Å². The van der Waals surface area contributed by atoms with Crippen LogP contribution in [0.5, 0.6) is 5.75 Å². The monoisotopic (exact) mass is 403 g/mol. The zero-order valence-corrected chi connectivity index (χ0v) is 17.8. The summed E-state index contributed by atoms with van der Waals surface area (Å²) >= 11 is 0. The largest absolute Gasteiger partial charge is 0.491 e. The third kappa shape index (κ3) is 6.78. The molecule has 0 radical (unpaired) electrons. The molecule has 0 amide bonds. The minimum Gasteiger partial charge on any atom is -0.491 e. The standard InChI is InChI=1S/C21H33N5O3/c1-4-25-8-10-26(11-9-25)14-19(27)16-28-20-7-5-6-18(12-20)13-24(3)15-21-17(2)22-29-23-21/h5-7,12,19,27H,4,8-11,13-16H2,1-3H3/t19-/m0/s1. The molecular formula is C21H33N5O3. The van der Waals surface area contributed by atoms with Gasteiger partial charge in [0.05, 0.1) is 0 Å². The molecule has 1 N–H and O–H groups in total. The zero-order chi connectivity index (χ0) is 20.6. The molecule has 0 aliphatic carbocycles. The number of aromatic nitrogens is 2. The van der Waals surface area contributed by atoms with Gasteiger partial charge in [0.25, 0.3) is 0 Å². The highest BCUT2D eigenvalue weighted by atomic mass is 16.6. The molecule has 1 atom stereocenters. The molecule has 0 bridgehead atoms. The van der Waals surface area contributed by atoms with Crippen LogP contribution >= 0.6 is 0 Å². The van der Waals surface area contributed by atoms with Crippen molar-refractivity contribution < 1.29 is 14.5 Å². The van der Waals surface area contributed by atoms with Crippen LogP contribution in [-0.4, -0.2) is 89.1 Å². The van der Waals surface area contributed by atoms with E-state index < -0.39 is 6.10 Å². The number of nitrogens with zero attached hydrogens (tertiary/aromatic N) is 5. The van der Waals surface area contributed by atoms with Crippen molar-refractivity contribution >= 4 is 0 Å². The van der Waals surface area contributed by atoms with Crippen molar-refractivity contribution in [3.63, 3.8) is 0 Å². The summed E-state index contributed by atoms with van der Waals surface area (Å²) in [6, 6.07) is 8.01. The van der Waals surface area contributed by atoms with Gasteiger partial charge in [-0.25, -0.2) is 4.63 Å². The van der Waals surface area contributed by atoms with E-state index in [2.05, 4.69) is 38.0 Å². The summed E-state index contributed by atoms with van der Waals surface area (Å²) in [5.74, 6) is 0.782. The van der Waals surface area contributed by atoms with Gasteiger partial charge in [-0.2, -0.15) is 0 Å². The van der Waals surface area contributed by atoms with E-state index in [4.69, 9.17) is 9.37 Å². The van der Waals surface area contributed by atoms with Gasteiger partial charge in [0.2, 0.25) is 0 Å². The Labute approximate surface area is 173 Å². The van der Waals surface area contributed by atoms with Crippen molar-refractivity contribution in [1.29, 1.82) is 0 Å². The van der Waals surface area contributed by atoms with Gasteiger partial charge in [-0.15, -0.1) is 0 Å². The first kappa shape index (κ1) is 21.7.